The van der Waals surface area contributed by atoms with Gasteiger partial charge in [-0.3, -0.25) is 28.8 Å². The van der Waals surface area contributed by atoms with Gasteiger partial charge in [0.05, 0.1) is 37.0 Å². The van der Waals surface area contributed by atoms with E-state index < -0.39 is 47.3 Å². The molecule has 4 amide bonds. The third kappa shape index (κ3) is 13.8. The molecule has 5 aromatic carbocycles. The van der Waals surface area contributed by atoms with Gasteiger partial charge in [0.25, 0.3) is 23.6 Å². The third-order valence-electron chi connectivity index (χ3n) is 9.56. The summed E-state index contributed by atoms with van der Waals surface area (Å²) >= 11 is 30.9. The molecule has 2 unspecified atom stereocenters. The first kappa shape index (κ1) is 51.6. The van der Waals surface area contributed by atoms with Gasteiger partial charge in [-0.05, 0) is 104 Å². The van der Waals surface area contributed by atoms with Crippen LogP contribution in [0.25, 0.3) is 0 Å². The van der Waals surface area contributed by atoms with Crippen LogP contribution in [0.2, 0.25) is 10.0 Å². The molecular formula is C46H41Cl5N8O8. The normalized spacial score (nSPS) is 12.0. The van der Waals surface area contributed by atoms with E-state index in [-0.39, 0.29) is 68.0 Å². The van der Waals surface area contributed by atoms with Crippen LogP contribution < -0.4 is 30.7 Å². The number of carbonyl (C=O) groups excluding carboxylic acids is 6. The number of benzene rings is 5. The first-order valence-corrected chi connectivity index (χ1v) is 22.3. The maximum atomic E-state index is 13.5. The van der Waals surface area contributed by atoms with Crippen molar-refractivity contribution in [3.63, 3.8) is 0 Å². The summed E-state index contributed by atoms with van der Waals surface area (Å²) < 4.78 is 10.7. The number of anilines is 4. The lowest BCUT2D eigenvalue weighted by Crippen LogP contribution is -2.32. The van der Waals surface area contributed by atoms with Crippen molar-refractivity contribution in [2.24, 2.45) is 20.5 Å². The van der Waals surface area contributed by atoms with Gasteiger partial charge in [0.15, 0.2) is 11.6 Å². The van der Waals surface area contributed by atoms with Crippen LogP contribution in [0.3, 0.4) is 0 Å². The molecule has 0 saturated carbocycles. The minimum Gasteiger partial charge on any atom is -0.495 e. The molecule has 0 aliphatic heterocycles. The molecule has 5 aromatic rings. The van der Waals surface area contributed by atoms with Crippen LogP contribution in [0.4, 0.5) is 34.1 Å². The van der Waals surface area contributed by atoms with Crippen LogP contribution in [0.15, 0.2) is 111 Å². The highest BCUT2D eigenvalue weighted by Crippen LogP contribution is 2.33. The third-order valence-corrected chi connectivity index (χ3v) is 10.8. The number of amides is 4. The zero-order valence-corrected chi connectivity index (χ0v) is 39.9. The first-order valence-electron chi connectivity index (χ1n) is 19.9. The van der Waals surface area contributed by atoms with Crippen LogP contribution in [0.1, 0.15) is 51.3 Å². The Morgan fingerprint density at radius 3 is 1.45 bits per heavy atom. The SMILES string of the molecule is COc1cccc(CCl)c1NC(=O)c1cc(Cl)cc(N=NC(C(C)=O)C(=O)Nc2ccc(NC(=O)C(N=Nc3cc(Cl)cc(C(=O)Nc4c(CCl)cccc4OC)c3)C(C)=O)c(CCCl)c2)c1. The Morgan fingerprint density at radius 1 is 0.567 bits per heavy atom. The fraction of sp³-hybridized carbons (Fsp3) is 0.217. The average molecular weight is 1010 g/mol. The molecule has 0 aliphatic carbocycles. The first-order chi connectivity index (χ1) is 32.1. The number of methoxy groups -OCH3 is 2. The number of aryl methyl sites for hydroxylation is 1. The molecule has 348 valence electrons. The van der Waals surface area contributed by atoms with Crippen molar-refractivity contribution in [2.75, 3.05) is 41.4 Å². The summed E-state index contributed by atoms with van der Waals surface area (Å²) in [6, 6.07) is 19.8. The second kappa shape index (κ2) is 24.4. The molecule has 0 heterocycles. The highest BCUT2D eigenvalue weighted by Gasteiger charge is 2.26. The quantitative estimate of drug-likeness (QED) is 0.0333. The Kier molecular flexibility index (Phi) is 18.8. The number of hydrogen-bond donors (Lipinski definition) is 4. The molecule has 0 saturated heterocycles. The molecule has 2 atom stereocenters. The summed E-state index contributed by atoms with van der Waals surface area (Å²) in [4.78, 5) is 79.0. The molecule has 0 spiro atoms. The van der Waals surface area contributed by atoms with Gasteiger partial charge in [-0.25, -0.2) is 0 Å². The number of nitrogens with zero attached hydrogens (tertiary/aromatic N) is 4. The average Bonchev–Trinajstić information content (AvgIpc) is 3.29. The van der Waals surface area contributed by atoms with Gasteiger partial charge < -0.3 is 30.7 Å². The van der Waals surface area contributed by atoms with Crippen molar-refractivity contribution in [2.45, 2.75) is 44.1 Å². The smallest absolute Gasteiger partial charge is 0.258 e. The molecule has 16 nitrogen and oxygen atoms in total. The molecule has 0 bridgehead atoms. The molecule has 4 N–H and O–H groups in total. The van der Waals surface area contributed by atoms with Crippen molar-refractivity contribution in [3.8, 4) is 11.5 Å². The number of azo groups is 2. The van der Waals surface area contributed by atoms with Crippen molar-refractivity contribution >= 4 is 127 Å². The Hall–Kier alpha value is -6.43. The van der Waals surface area contributed by atoms with E-state index in [1.54, 1.807) is 36.4 Å². The van der Waals surface area contributed by atoms with E-state index in [9.17, 15) is 28.8 Å². The van der Waals surface area contributed by atoms with Crippen LogP contribution in [-0.2, 0) is 37.4 Å². The fourth-order valence-electron chi connectivity index (χ4n) is 6.30. The molecule has 5 rings (SSSR count). The van der Waals surface area contributed by atoms with Crippen molar-refractivity contribution in [1.82, 2.24) is 0 Å². The summed E-state index contributed by atoms with van der Waals surface area (Å²) in [6.45, 7) is 2.32. The van der Waals surface area contributed by atoms with Crippen LogP contribution in [0, 0.1) is 0 Å². The number of rotatable bonds is 20. The molecule has 0 aromatic heterocycles. The molecule has 0 radical (unpaired) electrons. The summed E-state index contributed by atoms with van der Waals surface area (Å²) in [5, 5.41) is 27.2. The zero-order chi connectivity index (χ0) is 48.8. The fourth-order valence-corrected chi connectivity index (χ4v) is 7.40. The van der Waals surface area contributed by atoms with E-state index >= 15 is 0 Å². The number of hydrogen-bond acceptors (Lipinski definition) is 12. The van der Waals surface area contributed by atoms with Crippen molar-refractivity contribution in [1.29, 1.82) is 0 Å². The van der Waals surface area contributed by atoms with E-state index in [1.165, 1.54) is 68.8 Å². The monoisotopic (exact) mass is 1010 g/mol. The maximum Gasteiger partial charge on any atom is 0.258 e. The van der Waals surface area contributed by atoms with Gasteiger partial charge >= 0.3 is 0 Å². The lowest BCUT2D eigenvalue weighted by Gasteiger charge is -2.16. The number of alkyl halides is 3. The molecule has 0 fully saturated rings. The van der Waals surface area contributed by atoms with Gasteiger partial charge in [0, 0.05) is 50.2 Å². The second-order valence-electron chi connectivity index (χ2n) is 14.3. The Labute approximate surface area is 409 Å². The largest absolute Gasteiger partial charge is 0.495 e. The summed E-state index contributed by atoms with van der Waals surface area (Å²) in [5.74, 6) is -3.02. The van der Waals surface area contributed by atoms with Crippen LogP contribution in [0.5, 0.6) is 11.5 Å². The predicted molar refractivity (Wildman–Crippen MR) is 260 cm³/mol. The van der Waals surface area contributed by atoms with Gasteiger partial charge in [-0.15, -0.1) is 34.8 Å². The topological polar surface area (TPSA) is 218 Å². The highest BCUT2D eigenvalue weighted by molar-refractivity contribution is 6.32. The summed E-state index contributed by atoms with van der Waals surface area (Å²) in [7, 11) is 2.91. The number of ether oxygens (including phenoxy) is 2. The van der Waals surface area contributed by atoms with E-state index in [0.29, 0.717) is 39.6 Å². The Bertz CT molecular complexity index is 2730. The van der Waals surface area contributed by atoms with E-state index in [2.05, 4.69) is 41.7 Å². The second-order valence-corrected chi connectivity index (χ2v) is 16.1. The standard InChI is InChI=1S/C46H41Cl5N8O8/c1-24(60)39(58-56-34-18-29(15-31(50)20-34)43(62)54-41-27(22-48)7-5-9-37(41)66-3)45(64)52-33-11-12-36(26(17-33)13-14-47)53-46(65)40(25(2)61)59-57-35-19-30(16-32(51)21-35)44(63)55-42-28(23-49)8-6-10-38(42)67-4/h5-12,15-21,39-40H,13-14,22-23H2,1-4H3,(H,52,64)(H,53,65)(H,54,62)(H,55,63). The van der Waals surface area contributed by atoms with E-state index in [1.807, 2.05) is 0 Å². The number of Topliss-reactive ketones (excluding diaryl/α,β-unsaturated/α-hetero) is 2. The Morgan fingerprint density at radius 2 is 1.03 bits per heavy atom. The highest BCUT2D eigenvalue weighted by atomic mass is 35.5. The molecule has 0 aliphatic rings. The van der Waals surface area contributed by atoms with Crippen LogP contribution >= 0.6 is 58.0 Å². The summed E-state index contributed by atoms with van der Waals surface area (Å²) in [5.41, 5.74) is 3.23. The number of carbonyl (C=O) groups is 6. The van der Waals surface area contributed by atoms with E-state index in [0.717, 1.165) is 13.8 Å². The minimum atomic E-state index is -1.62. The number of nitrogens with one attached hydrogen (secondary N) is 4. The van der Waals surface area contributed by atoms with Crippen molar-refractivity contribution in [3.05, 3.63) is 129 Å². The number of ketones is 2. The van der Waals surface area contributed by atoms with Crippen molar-refractivity contribution < 1.29 is 38.2 Å². The van der Waals surface area contributed by atoms with E-state index in [4.69, 9.17) is 67.5 Å². The van der Waals surface area contributed by atoms with Gasteiger partial charge in [0.2, 0.25) is 12.1 Å². The van der Waals surface area contributed by atoms with Gasteiger partial charge in [-0.1, -0.05) is 47.5 Å². The number of para-hydroxylation sites is 2. The number of halogens is 5. The summed E-state index contributed by atoms with van der Waals surface area (Å²) in [6.07, 6.45) is 0.201. The lowest BCUT2D eigenvalue weighted by molar-refractivity contribution is -0.127. The van der Waals surface area contributed by atoms with Crippen LogP contribution in [-0.4, -0.2) is 67.4 Å². The van der Waals surface area contributed by atoms with Gasteiger partial charge in [-0.2, -0.15) is 20.5 Å². The molecule has 21 heteroatoms. The molecule has 67 heavy (non-hydrogen) atoms. The maximum absolute atomic E-state index is 13.5. The predicted octanol–water partition coefficient (Wildman–Crippen LogP) is 11.1. The lowest BCUT2D eigenvalue weighted by atomic mass is 10.1. The zero-order valence-electron chi connectivity index (χ0n) is 36.1. The minimum absolute atomic E-state index is 0.0760. The molecular weight excluding hydrogens is 970 g/mol. The Balaban J connectivity index is 1.29. The van der Waals surface area contributed by atoms with Gasteiger partial charge in [0.1, 0.15) is 11.5 Å².